The Bertz CT molecular complexity index is 1300. The predicted molar refractivity (Wildman–Crippen MR) is 139 cm³/mol. The molecular weight excluding hydrogens is 464 g/mol. The number of phenols is 1. The summed E-state index contributed by atoms with van der Waals surface area (Å²) in [5, 5.41) is 23.9. The second-order valence-electron chi connectivity index (χ2n) is 8.28. The lowest BCUT2D eigenvalue weighted by Crippen LogP contribution is -2.20. The molecule has 9 heteroatoms. The minimum atomic E-state index is -0.450. The number of aromatic nitrogens is 1. The van der Waals surface area contributed by atoms with Crippen molar-refractivity contribution in [2.75, 3.05) is 26.1 Å². The van der Waals surface area contributed by atoms with Gasteiger partial charge in [0.25, 0.3) is 5.56 Å². The van der Waals surface area contributed by atoms with Gasteiger partial charge >= 0.3 is 0 Å². The van der Waals surface area contributed by atoms with Crippen LogP contribution in [0.5, 0.6) is 28.7 Å². The smallest absolute Gasteiger partial charge is 0.297 e. The molecule has 0 bridgehead atoms. The third kappa shape index (κ3) is 5.91. The van der Waals surface area contributed by atoms with Crippen LogP contribution in [-0.4, -0.2) is 41.5 Å². The van der Waals surface area contributed by atoms with Crippen LogP contribution in [0.25, 0.3) is 17.0 Å². The molecule has 36 heavy (non-hydrogen) atoms. The highest BCUT2D eigenvalue weighted by Gasteiger charge is 2.17. The molecule has 0 aliphatic rings. The Kier molecular flexibility index (Phi) is 8.83. The fourth-order valence-corrected chi connectivity index (χ4v) is 3.77. The van der Waals surface area contributed by atoms with E-state index in [1.807, 2.05) is 0 Å². The number of methoxy groups -OCH3 is 2. The summed E-state index contributed by atoms with van der Waals surface area (Å²) in [6, 6.07) is 8.01. The SMILES string of the molecule is CCCCCCOc1c(O)c2ccc(NC(=O)/C=C/c3cc(OC)c(O)c(OC)c3)cc2n(C)c1=O. The first-order chi connectivity index (χ1) is 17.3. The number of rotatable bonds is 11. The average molecular weight is 497 g/mol. The zero-order valence-corrected chi connectivity index (χ0v) is 21.0. The number of carbonyl (C=O) groups is 1. The summed E-state index contributed by atoms with van der Waals surface area (Å²) >= 11 is 0. The monoisotopic (exact) mass is 496 g/mol. The average Bonchev–Trinajstić information content (AvgIpc) is 2.88. The van der Waals surface area contributed by atoms with Crippen molar-refractivity contribution in [3.8, 4) is 28.7 Å². The molecule has 0 atom stereocenters. The number of benzene rings is 2. The molecule has 2 aromatic carbocycles. The Hall–Kier alpha value is -4.14. The quantitative estimate of drug-likeness (QED) is 0.263. The van der Waals surface area contributed by atoms with Gasteiger partial charge in [0, 0.05) is 24.2 Å². The van der Waals surface area contributed by atoms with E-state index < -0.39 is 11.5 Å². The van der Waals surface area contributed by atoms with Crippen molar-refractivity contribution in [1.29, 1.82) is 0 Å². The number of nitrogens with zero attached hydrogens (tertiary/aromatic N) is 1. The van der Waals surface area contributed by atoms with Crippen LogP contribution in [0.2, 0.25) is 0 Å². The van der Waals surface area contributed by atoms with Crippen molar-refractivity contribution in [3.63, 3.8) is 0 Å². The molecule has 1 aromatic heterocycles. The van der Waals surface area contributed by atoms with Gasteiger partial charge in [0.05, 0.1) is 26.3 Å². The van der Waals surface area contributed by atoms with Crippen molar-refractivity contribution in [3.05, 3.63) is 52.3 Å². The van der Waals surface area contributed by atoms with Gasteiger partial charge in [-0.15, -0.1) is 0 Å². The highest BCUT2D eigenvalue weighted by molar-refractivity contribution is 6.03. The first kappa shape index (κ1) is 26.5. The number of fused-ring (bicyclic) bond motifs is 1. The molecule has 0 unspecified atom stereocenters. The third-order valence-electron chi connectivity index (χ3n) is 5.77. The fraction of sp³-hybridized carbons (Fsp3) is 0.333. The van der Waals surface area contributed by atoms with E-state index in [9.17, 15) is 19.8 Å². The van der Waals surface area contributed by atoms with Gasteiger partial charge in [-0.05, 0) is 48.4 Å². The Morgan fingerprint density at radius 2 is 1.72 bits per heavy atom. The minimum absolute atomic E-state index is 0.0685. The molecule has 0 saturated carbocycles. The van der Waals surface area contributed by atoms with E-state index in [2.05, 4.69) is 12.2 Å². The maximum atomic E-state index is 12.8. The van der Waals surface area contributed by atoms with Crippen molar-refractivity contribution in [1.82, 2.24) is 4.57 Å². The summed E-state index contributed by atoms with van der Waals surface area (Å²) in [7, 11) is 4.43. The molecule has 1 amide bonds. The van der Waals surface area contributed by atoms with Crippen molar-refractivity contribution >= 4 is 28.6 Å². The molecule has 3 aromatic rings. The number of aromatic hydroxyl groups is 2. The number of anilines is 1. The molecular formula is C27H32N2O7. The van der Waals surface area contributed by atoms with Crippen LogP contribution in [0, 0.1) is 0 Å². The van der Waals surface area contributed by atoms with Crippen LogP contribution in [0.1, 0.15) is 38.2 Å². The van der Waals surface area contributed by atoms with Gasteiger partial charge in [-0.3, -0.25) is 9.59 Å². The van der Waals surface area contributed by atoms with Gasteiger partial charge in [0.1, 0.15) is 0 Å². The lowest BCUT2D eigenvalue weighted by molar-refractivity contribution is -0.111. The van der Waals surface area contributed by atoms with E-state index in [0.29, 0.717) is 28.8 Å². The van der Waals surface area contributed by atoms with Gasteiger partial charge in [0.15, 0.2) is 17.2 Å². The summed E-state index contributed by atoms with van der Waals surface area (Å²) in [4.78, 5) is 25.3. The number of ether oxygens (including phenoxy) is 3. The number of hydrogen-bond donors (Lipinski definition) is 3. The summed E-state index contributed by atoms with van der Waals surface area (Å²) in [5.41, 5.74) is 1.03. The topological polar surface area (TPSA) is 119 Å². The van der Waals surface area contributed by atoms with Gasteiger partial charge in [-0.1, -0.05) is 26.2 Å². The van der Waals surface area contributed by atoms with Gasteiger partial charge in [-0.25, -0.2) is 0 Å². The molecule has 192 valence electrons. The number of phenolic OH excluding ortho intramolecular Hbond substituents is 1. The Morgan fingerprint density at radius 3 is 2.36 bits per heavy atom. The highest BCUT2D eigenvalue weighted by Crippen LogP contribution is 2.37. The first-order valence-corrected chi connectivity index (χ1v) is 11.7. The Labute approximate surface area is 209 Å². The summed E-state index contributed by atoms with van der Waals surface area (Å²) in [6.07, 6.45) is 6.85. The maximum absolute atomic E-state index is 12.8. The Balaban J connectivity index is 1.79. The molecule has 1 heterocycles. The van der Waals surface area contributed by atoms with E-state index in [1.165, 1.54) is 24.9 Å². The third-order valence-corrected chi connectivity index (χ3v) is 5.77. The zero-order valence-electron chi connectivity index (χ0n) is 21.0. The fourth-order valence-electron chi connectivity index (χ4n) is 3.77. The van der Waals surface area contributed by atoms with E-state index in [4.69, 9.17) is 14.2 Å². The van der Waals surface area contributed by atoms with Gasteiger partial charge < -0.3 is 34.3 Å². The molecule has 3 N–H and O–H groups in total. The van der Waals surface area contributed by atoms with Crippen LogP contribution in [0.4, 0.5) is 5.69 Å². The number of nitrogens with one attached hydrogen (secondary N) is 1. The molecule has 0 saturated heterocycles. The number of pyridine rings is 1. The predicted octanol–water partition coefficient (Wildman–Crippen LogP) is 4.58. The lowest BCUT2D eigenvalue weighted by Gasteiger charge is -2.14. The molecule has 3 rings (SSSR count). The Morgan fingerprint density at radius 1 is 1.03 bits per heavy atom. The van der Waals surface area contributed by atoms with E-state index in [1.54, 1.807) is 43.5 Å². The van der Waals surface area contributed by atoms with Crippen molar-refractivity contribution in [2.24, 2.45) is 7.05 Å². The lowest BCUT2D eigenvalue weighted by atomic mass is 10.1. The number of aryl methyl sites for hydroxylation is 1. The number of carbonyl (C=O) groups excluding carboxylic acids is 1. The highest BCUT2D eigenvalue weighted by atomic mass is 16.5. The molecule has 0 aliphatic heterocycles. The van der Waals surface area contributed by atoms with Crippen LogP contribution in [-0.2, 0) is 11.8 Å². The number of hydrogen-bond acceptors (Lipinski definition) is 7. The van der Waals surface area contributed by atoms with Crippen LogP contribution in [0.3, 0.4) is 0 Å². The molecule has 0 aliphatic carbocycles. The number of unbranched alkanes of at least 4 members (excludes halogenated alkanes) is 3. The van der Waals surface area contributed by atoms with Crippen molar-refractivity contribution in [2.45, 2.75) is 32.6 Å². The van der Waals surface area contributed by atoms with Gasteiger partial charge in [0.2, 0.25) is 17.4 Å². The zero-order chi connectivity index (χ0) is 26.2. The number of amides is 1. The molecule has 9 nitrogen and oxygen atoms in total. The largest absolute Gasteiger partial charge is 0.504 e. The molecule has 0 radical (unpaired) electrons. The van der Waals surface area contributed by atoms with Crippen molar-refractivity contribution < 1.29 is 29.2 Å². The van der Waals surface area contributed by atoms with E-state index in [0.717, 1.165) is 25.7 Å². The minimum Gasteiger partial charge on any atom is -0.504 e. The van der Waals surface area contributed by atoms with Crippen LogP contribution in [0.15, 0.2) is 41.2 Å². The van der Waals surface area contributed by atoms with Gasteiger partial charge in [-0.2, -0.15) is 0 Å². The summed E-state index contributed by atoms with van der Waals surface area (Å²) in [6.45, 7) is 2.47. The van der Waals surface area contributed by atoms with E-state index >= 15 is 0 Å². The van der Waals surface area contributed by atoms with Crippen LogP contribution >= 0.6 is 0 Å². The standard InChI is InChI=1S/C27H32N2O7/c1-5-6-7-8-13-36-26-24(31)19-11-10-18(16-20(19)29(2)27(26)33)28-23(30)12-9-17-14-21(34-3)25(32)22(15-17)35-4/h9-12,14-16,31-32H,5-8,13H2,1-4H3,(H,28,30)/b12-9+. The first-order valence-electron chi connectivity index (χ1n) is 11.7. The second kappa shape index (κ2) is 12.0. The van der Waals surface area contributed by atoms with E-state index in [-0.39, 0.29) is 28.7 Å². The van der Waals surface area contributed by atoms with Crippen LogP contribution < -0.4 is 25.1 Å². The summed E-state index contributed by atoms with van der Waals surface area (Å²) in [5.74, 6) is -0.390. The summed E-state index contributed by atoms with van der Waals surface area (Å²) < 4.78 is 17.3. The molecule has 0 fully saturated rings. The molecule has 0 spiro atoms. The second-order valence-corrected chi connectivity index (χ2v) is 8.28. The normalized spacial score (nSPS) is 11.1. The maximum Gasteiger partial charge on any atom is 0.297 e.